The molecule has 0 bridgehead atoms. The van der Waals surface area contributed by atoms with Gasteiger partial charge in [0.15, 0.2) is 0 Å². The molecule has 0 aromatic heterocycles. The molecule has 0 fully saturated rings. The SMILES string of the molecule is COc1cc(NCCC(C)(C)OC)c(OC)cc1Cl. The largest absolute Gasteiger partial charge is 0.495 e. The fraction of sp³-hybridized carbons (Fsp3) is 0.571. The first-order valence-electron chi connectivity index (χ1n) is 6.14. The van der Waals surface area contributed by atoms with Crippen LogP contribution in [0.2, 0.25) is 5.02 Å². The van der Waals surface area contributed by atoms with Crippen LogP contribution in [0, 0.1) is 0 Å². The highest BCUT2D eigenvalue weighted by molar-refractivity contribution is 6.32. The van der Waals surface area contributed by atoms with E-state index in [1.807, 2.05) is 19.9 Å². The fourth-order valence-corrected chi connectivity index (χ4v) is 1.83. The van der Waals surface area contributed by atoms with Crippen LogP contribution in [0.4, 0.5) is 5.69 Å². The topological polar surface area (TPSA) is 39.7 Å². The predicted molar refractivity (Wildman–Crippen MR) is 78.8 cm³/mol. The number of anilines is 1. The van der Waals surface area contributed by atoms with Gasteiger partial charge in [0.05, 0.1) is 30.5 Å². The molecule has 0 saturated heterocycles. The van der Waals surface area contributed by atoms with E-state index in [4.69, 9.17) is 25.8 Å². The van der Waals surface area contributed by atoms with E-state index in [-0.39, 0.29) is 5.60 Å². The van der Waals surface area contributed by atoms with Crippen molar-refractivity contribution >= 4 is 17.3 Å². The third-order valence-electron chi connectivity index (χ3n) is 3.07. The fourth-order valence-electron chi connectivity index (χ4n) is 1.60. The maximum Gasteiger partial charge on any atom is 0.143 e. The number of halogens is 1. The summed E-state index contributed by atoms with van der Waals surface area (Å²) in [4.78, 5) is 0. The lowest BCUT2D eigenvalue weighted by molar-refractivity contribution is 0.0185. The van der Waals surface area contributed by atoms with Gasteiger partial charge in [0.2, 0.25) is 0 Å². The molecular weight excluding hydrogens is 266 g/mol. The average molecular weight is 288 g/mol. The summed E-state index contributed by atoms with van der Waals surface area (Å²) in [5.74, 6) is 1.32. The molecule has 0 heterocycles. The summed E-state index contributed by atoms with van der Waals surface area (Å²) in [7, 11) is 4.92. The van der Waals surface area contributed by atoms with E-state index in [9.17, 15) is 0 Å². The summed E-state index contributed by atoms with van der Waals surface area (Å²) in [6, 6.07) is 3.57. The van der Waals surface area contributed by atoms with Crippen molar-refractivity contribution in [3.63, 3.8) is 0 Å². The number of hydrogen-bond acceptors (Lipinski definition) is 4. The van der Waals surface area contributed by atoms with Gasteiger partial charge < -0.3 is 19.5 Å². The van der Waals surface area contributed by atoms with Crippen LogP contribution in [-0.2, 0) is 4.74 Å². The molecule has 0 radical (unpaired) electrons. The van der Waals surface area contributed by atoms with Gasteiger partial charge in [-0.15, -0.1) is 0 Å². The molecule has 0 aliphatic carbocycles. The quantitative estimate of drug-likeness (QED) is 0.832. The lowest BCUT2D eigenvalue weighted by Gasteiger charge is -2.23. The van der Waals surface area contributed by atoms with Crippen LogP contribution >= 0.6 is 11.6 Å². The van der Waals surface area contributed by atoms with Crippen molar-refractivity contribution in [2.45, 2.75) is 25.9 Å². The molecular formula is C14H22ClNO3. The molecule has 1 rings (SSSR count). The zero-order valence-corrected chi connectivity index (χ0v) is 12.9. The van der Waals surface area contributed by atoms with Crippen LogP contribution in [0.3, 0.4) is 0 Å². The molecule has 108 valence electrons. The second kappa shape index (κ2) is 6.87. The Hall–Kier alpha value is -1.13. The van der Waals surface area contributed by atoms with Crippen molar-refractivity contribution in [2.75, 3.05) is 33.2 Å². The Morgan fingerprint density at radius 1 is 1.11 bits per heavy atom. The van der Waals surface area contributed by atoms with Gasteiger partial charge in [-0.05, 0) is 20.3 Å². The van der Waals surface area contributed by atoms with E-state index in [1.165, 1.54) is 0 Å². The van der Waals surface area contributed by atoms with Crippen LogP contribution < -0.4 is 14.8 Å². The van der Waals surface area contributed by atoms with Gasteiger partial charge >= 0.3 is 0 Å². The van der Waals surface area contributed by atoms with Crippen LogP contribution in [-0.4, -0.2) is 33.5 Å². The molecule has 1 aromatic carbocycles. The summed E-state index contributed by atoms with van der Waals surface area (Å²) < 4.78 is 15.9. The molecule has 1 aromatic rings. The van der Waals surface area contributed by atoms with Gasteiger partial charge in [0, 0.05) is 25.8 Å². The Bertz CT molecular complexity index is 421. The highest BCUT2D eigenvalue weighted by atomic mass is 35.5. The first kappa shape index (κ1) is 15.9. The lowest BCUT2D eigenvalue weighted by Crippen LogP contribution is -2.25. The van der Waals surface area contributed by atoms with E-state index >= 15 is 0 Å². The molecule has 1 N–H and O–H groups in total. The molecule has 4 nitrogen and oxygen atoms in total. The molecule has 0 atom stereocenters. The number of ether oxygens (including phenoxy) is 3. The third-order valence-corrected chi connectivity index (χ3v) is 3.36. The third kappa shape index (κ3) is 4.48. The van der Waals surface area contributed by atoms with E-state index < -0.39 is 0 Å². The number of hydrogen-bond donors (Lipinski definition) is 1. The smallest absolute Gasteiger partial charge is 0.143 e. The second-order valence-corrected chi connectivity index (χ2v) is 5.23. The van der Waals surface area contributed by atoms with E-state index in [2.05, 4.69) is 5.32 Å². The minimum absolute atomic E-state index is 0.156. The van der Waals surface area contributed by atoms with Gasteiger partial charge in [-0.1, -0.05) is 11.6 Å². The summed E-state index contributed by atoms with van der Waals surface area (Å²) in [5.41, 5.74) is 0.701. The Morgan fingerprint density at radius 3 is 2.26 bits per heavy atom. The normalized spacial score (nSPS) is 11.3. The molecule has 0 unspecified atom stereocenters. The number of nitrogens with one attached hydrogen (secondary N) is 1. The Kier molecular flexibility index (Phi) is 5.76. The van der Waals surface area contributed by atoms with Crippen molar-refractivity contribution in [3.8, 4) is 11.5 Å². The highest BCUT2D eigenvalue weighted by Crippen LogP contribution is 2.35. The van der Waals surface area contributed by atoms with Gasteiger partial charge in [-0.25, -0.2) is 0 Å². The van der Waals surface area contributed by atoms with E-state index in [1.54, 1.807) is 27.4 Å². The van der Waals surface area contributed by atoms with Crippen LogP contribution in [0.15, 0.2) is 12.1 Å². The lowest BCUT2D eigenvalue weighted by atomic mass is 10.1. The van der Waals surface area contributed by atoms with Gasteiger partial charge in [-0.2, -0.15) is 0 Å². The number of rotatable bonds is 7. The maximum atomic E-state index is 6.06. The van der Waals surface area contributed by atoms with Gasteiger partial charge in [-0.3, -0.25) is 0 Å². The van der Waals surface area contributed by atoms with Crippen LogP contribution in [0.5, 0.6) is 11.5 Å². The number of methoxy groups -OCH3 is 3. The van der Waals surface area contributed by atoms with Crippen molar-refractivity contribution in [3.05, 3.63) is 17.2 Å². The first-order valence-corrected chi connectivity index (χ1v) is 6.52. The predicted octanol–water partition coefficient (Wildman–Crippen LogP) is 3.58. The summed E-state index contributed by atoms with van der Waals surface area (Å²) in [6.45, 7) is 4.87. The molecule has 0 amide bonds. The molecule has 0 saturated carbocycles. The summed E-state index contributed by atoms with van der Waals surface area (Å²) in [6.07, 6.45) is 0.873. The Balaban J connectivity index is 2.77. The number of benzene rings is 1. The molecule has 19 heavy (non-hydrogen) atoms. The van der Waals surface area contributed by atoms with Crippen LogP contribution in [0.1, 0.15) is 20.3 Å². The zero-order valence-electron chi connectivity index (χ0n) is 12.2. The summed E-state index contributed by atoms with van der Waals surface area (Å²) in [5, 5.41) is 3.84. The van der Waals surface area contributed by atoms with Gasteiger partial charge in [0.1, 0.15) is 11.5 Å². The molecule has 5 heteroatoms. The average Bonchev–Trinajstić information content (AvgIpc) is 2.39. The second-order valence-electron chi connectivity index (χ2n) is 4.83. The maximum absolute atomic E-state index is 6.06. The molecule has 0 aliphatic heterocycles. The van der Waals surface area contributed by atoms with E-state index in [0.29, 0.717) is 16.5 Å². The van der Waals surface area contributed by atoms with Crippen molar-refractivity contribution in [1.29, 1.82) is 0 Å². The van der Waals surface area contributed by atoms with Crippen LogP contribution in [0.25, 0.3) is 0 Å². The minimum atomic E-state index is -0.156. The minimum Gasteiger partial charge on any atom is -0.495 e. The monoisotopic (exact) mass is 287 g/mol. The van der Waals surface area contributed by atoms with Crippen molar-refractivity contribution < 1.29 is 14.2 Å². The van der Waals surface area contributed by atoms with Crippen molar-refractivity contribution in [1.82, 2.24) is 0 Å². The van der Waals surface area contributed by atoms with Crippen molar-refractivity contribution in [2.24, 2.45) is 0 Å². The molecule has 0 aliphatic rings. The summed E-state index contributed by atoms with van der Waals surface area (Å²) >= 11 is 6.06. The Labute approximate surface area is 120 Å². The molecule has 0 spiro atoms. The first-order chi connectivity index (χ1) is 8.93. The van der Waals surface area contributed by atoms with E-state index in [0.717, 1.165) is 18.7 Å². The standard InChI is InChI=1S/C14H22ClNO3/c1-14(2,19-5)6-7-16-11-9-12(17-3)10(15)8-13(11)18-4/h8-9,16H,6-7H2,1-5H3. The van der Waals surface area contributed by atoms with Gasteiger partial charge in [0.25, 0.3) is 0 Å². The Morgan fingerprint density at radius 2 is 1.74 bits per heavy atom. The zero-order chi connectivity index (χ0) is 14.5. The highest BCUT2D eigenvalue weighted by Gasteiger charge is 2.16.